The smallest absolute Gasteiger partial charge is 0.230 e. The molecule has 0 fully saturated rings. The van der Waals surface area contributed by atoms with E-state index in [-0.39, 0.29) is 12.3 Å². The van der Waals surface area contributed by atoms with Gasteiger partial charge in [-0.05, 0) is 23.8 Å². The van der Waals surface area contributed by atoms with E-state index >= 15 is 0 Å². The maximum atomic E-state index is 11.8. The summed E-state index contributed by atoms with van der Waals surface area (Å²) < 4.78 is 0.866. The summed E-state index contributed by atoms with van der Waals surface area (Å²) in [5.74, 6) is 0.370. The zero-order chi connectivity index (χ0) is 13.0. The van der Waals surface area contributed by atoms with E-state index < -0.39 is 0 Å². The lowest BCUT2D eigenvalue weighted by atomic mass is 10.1. The van der Waals surface area contributed by atoms with E-state index in [4.69, 9.17) is 11.6 Å². The number of carbonyl (C=O) groups is 1. The molecule has 0 bridgehead atoms. The van der Waals surface area contributed by atoms with Crippen molar-refractivity contribution in [3.8, 4) is 0 Å². The quantitative estimate of drug-likeness (QED) is 0.935. The Morgan fingerprint density at radius 1 is 1.33 bits per heavy atom. The van der Waals surface area contributed by atoms with Crippen LogP contribution in [0, 0.1) is 0 Å². The van der Waals surface area contributed by atoms with Gasteiger partial charge in [0.15, 0.2) is 0 Å². The van der Waals surface area contributed by atoms with Crippen LogP contribution < -0.4 is 5.32 Å². The van der Waals surface area contributed by atoms with Crippen molar-refractivity contribution in [3.63, 3.8) is 0 Å². The predicted octanol–water partition coefficient (Wildman–Crippen LogP) is 3.68. The zero-order valence-corrected chi connectivity index (χ0v) is 11.7. The third-order valence-corrected chi connectivity index (χ3v) is 3.16. The summed E-state index contributed by atoms with van der Waals surface area (Å²) in [5, 5.41) is 3.31. The molecule has 0 atom stereocenters. The van der Waals surface area contributed by atoms with Crippen LogP contribution >= 0.6 is 27.5 Å². The topological polar surface area (TPSA) is 42.0 Å². The van der Waals surface area contributed by atoms with E-state index in [1.165, 1.54) is 0 Å². The number of halogens is 2. The van der Waals surface area contributed by atoms with Gasteiger partial charge >= 0.3 is 0 Å². The number of benzene rings is 1. The summed E-state index contributed by atoms with van der Waals surface area (Å²) in [7, 11) is 0. The van der Waals surface area contributed by atoms with Gasteiger partial charge in [-0.3, -0.25) is 4.79 Å². The molecule has 0 spiro atoms. The van der Waals surface area contributed by atoms with Crippen molar-refractivity contribution >= 4 is 39.3 Å². The van der Waals surface area contributed by atoms with Gasteiger partial charge in [-0.25, -0.2) is 4.98 Å². The number of nitrogens with one attached hydrogen (secondary N) is 1. The van der Waals surface area contributed by atoms with E-state index in [9.17, 15) is 4.79 Å². The predicted molar refractivity (Wildman–Crippen MR) is 75.7 cm³/mol. The number of rotatable bonds is 3. The summed E-state index contributed by atoms with van der Waals surface area (Å²) in [6.07, 6.45) is 1.85. The van der Waals surface area contributed by atoms with Crippen molar-refractivity contribution in [2.24, 2.45) is 0 Å². The summed E-state index contributed by atoms with van der Waals surface area (Å²) in [4.78, 5) is 15.9. The largest absolute Gasteiger partial charge is 0.310 e. The first-order chi connectivity index (χ1) is 8.65. The van der Waals surface area contributed by atoms with Crippen LogP contribution in [0.4, 0.5) is 5.82 Å². The molecule has 5 heteroatoms. The molecule has 0 aliphatic carbocycles. The second kappa shape index (κ2) is 5.98. The highest BCUT2D eigenvalue weighted by atomic mass is 79.9. The molecule has 0 saturated heterocycles. The lowest BCUT2D eigenvalue weighted by molar-refractivity contribution is -0.115. The Kier molecular flexibility index (Phi) is 4.33. The van der Waals surface area contributed by atoms with Crippen LogP contribution in [-0.2, 0) is 11.2 Å². The number of amides is 1. The van der Waals surface area contributed by atoms with Crippen LogP contribution in [0.5, 0.6) is 0 Å². The van der Waals surface area contributed by atoms with Crippen molar-refractivity contribution in [2.45, 2.75) is 6.42 Å². The Balaban J connectivity index is 2.03. The maximum Gasteiger partial charge on any atom is 0.230 e. The average molecular weight is 326 g/mol. The van der Waals surface area contributed by atoms with Gasteiger partial charge in [0.05, 0.1) is 6.42 Å². The molecule has 92 valence electrons. The Morgan fingerprint density at radius 2 is 2.11 bits per heavy atom. The van der Waals surface area contributed by atoms with Gasteiger partial charge in [-0.2, -0.15) is 0 Å². The number of anilines is 1. The van der Waals surface area contributed by atoms with Crippen molar-refractivity contribution in [3.05, 3.63) is 57.7 Å². The van der Waals surface area contributed by atoms with Crippen LogP contribution in [0.3, 0.4) is 0 Å². The fourth-order valence-electron chi connectivity index (χ4n) is 1.47. The van der Waals surface area contributed by atoms with E-state index in [0.29, 0.717) is 10.8 Å². The Morgan fingerprint density at radius 3 is 2.83 bits per heavy atom. The molecular formula is C13H10BrClN2O. The number of carbonyl (C=O) groups excluding carboxylic acids is 1. The minimum atomic E-state index is -0.145. The molecule has 18 heavy (non-hydrogen) atoms. The monoisotopic (exact) mass is 324 g/mol. The minimum Gasteiger partial charge on any atom is -0.310 e. The first kappa shape index (κ1) is 13.1. The van der Waals surface area contributed by atoms with Crippen LogP contribution in [0.15, 0.2) is 47.1 Å². The molecule has 1 amide bonds. The molecule has 2 rings (SSSR count). The van der Waals surface area contributed by atoms with Crippen LogP contribution in [-0.4, -0.2) is 10.9 Å². The number of pyridine rings is 1. The molecule has 0 saturated carbocycles. The first-order valence-corrected chi connectivity index (χ1v) is 6.47. The Hall–Kier alpha value is -1.39. The number of hydrogen-bond donors (Lipinski definition) is 1. The van der Waals surface area contributed by atoms with Gasteiger partial charge in [0, 0.05) is 15.7 Å². The Bertz CT molecular complexity index is 574. The van der Waals surface area contributed by atoms with Gasteiger partial charge in [-0.15, -0.1) is 0 Å². The molecule has 0 aliphatic heterocycles. The third-order valence-electron chi connectivity index (χ3n) is 2.30. The lowest BCUT2D eigenvalue weighted by Gasteiger charge is -2.06. The van der Waals surface area contributed by atoms with Crippen LogP contribution in [0.1, 0.15) is 5.56 Å². The van der Waals surface area contributed by atoms with Gasteiger partial charge in [-0.1, -0.05) is 45.7 Å². The van der Waals surface area contributed by atoms with E-state index in [0.717, 1.165) is 10.0 Å². The minimum absolute atomic E-state index is 0.145. The number of hydrogen-bond acceptors (Lipinski definition) is 2. The van der Waals surface area contributed by atoms with Gasteiger partial charge in [0.2, 0.25) is 5.91 Å². The second-order valence-electron chi connectivity index (χ2n) is 3.68. The van der Waals surface area contributed by atoms with Crippen molar-refractivity contribution in [1.82, 2.24) is 4.98 Å². The van der Waals surface area contributed by atoms with E-state index in [1.807, 2.05) is 18.2 Å². The molecule has 1 heterocycles. The molecule has 1 aromatic heterocycles. The molecule has 0 radical (unpaired) electrons. The number of nitrogens with zero attached hydrogens (tertiary/aromatic N) is 1. The standard InChI is InChI=1S/C13H10BrClN2O/c14-10-5-6-16-12(8-10)17-13(18)7-9-3-1-2-4-11(9)15/h1-6,8H,7H2,(H,16,17,18). The van der Waals surface area contributed by atoms with Crippen LogP contribution in [0.2, 0.25) is 5.02 Å². The van der Waals surface area contributed by atoms with E-state index in [1.54, 1.807) is 24.4 Å². The highest BCUT2D eigenvalue weighted by Crippen LogP contribution is 2.17. The fraction of sp³-hybridized carbons (Fsp3) is 0.0769. The molecular weight excluding hydrogens is 316 g/mol. The molecule has 3 nitrogen and oxygen atoms in total. The van der Waals surface area contributed by atoms with Gasteiger partial charge in [0.25, 0.3) is 0 Å². The highest BCUT2D eigenvalue weighted by Gasteiger charge is 2.07. The summed E-state index contributed by atoms with van der Waals surface area (Å²) in [6.45, 7) is 0. The Labute approximate surface area is 118 Å². The van der Waals surface area contributed by atoms with Crippen LogP contribution in [0.25, 0.3) is 0 Å². The maximum absolute atomic E-state index is 11.8. The average Bonchev–Trinajstić information content (AvgIpc) is 2.32. The summed E-state index contributed by atoms with van der Waals surface area (Å²) in [6, 6.07) is 10.8. The highest BCUT2D eigenvalue weighted by molar-refractivity contribution is 9.10. The first-order valence-electron chi connectivity index (χ1n) is 5.30. The molecule has 1 N–H and O–H groups in total. The van der Waals surface area contributed by atoms with Crippen molar-refractivity contribution in [1.29, 1.82) is 0 Å². The third kappa shape index (κ3) is 3.55. The zero-order valence-electron chi connectivity index (χ0n) is 9.36. The molecule has 0 aliphatic rings. The fourth-order valence-corrected chi connectivity index (χ4v) is 2.01. The van der Waals surface area contributed by atoms with Gasteiger partial charge < -0.3 is 5.32 Å². The van der Waals surface area contributed by atoms with Crippen molar-refractivity contribution in [2.75, 3.05) is 5.32 Å². The molecule has 0 unspecified atom stereocenters. The molecule has 1 aromatic carbocycles. The lowest BCUT2D eigenvalue weighted by Crippen LogP contribution is -2.15. The summed E-state index contributed by atoms with van der Waals surface area (Å²) in [5.41, 5.74) is 0.798. The van der Waals surface area contributed by atoms with Gasteiger partial charge in [0.1, 0.15) is 5.82 Å². The summed E-state index contributed by atoms with van der Waals surface area (Å²) >= 11 is 9.31. The van der Waals surface area contributed by atoms with Crippen molar-refractivity contribution < 1.29 is 4.79 Å². The SMILES string of the molecule is O=C(Cc1ccccc1Cl)Nc1cc(Br)ccn1. The van der Waals surface area contributed by atoms with E-state index in [2.05, 4.69) is 26.2 Å². The molecule has 2 aromatic rings. The normalized spacial score (nSPS) is 10.1. The second-order valence-corrected chi connectivity index (χ2v) is 5.00. The number of aromatic nitrogens is 1.